The predicted octanol–water partition coefficient (Wildman–Crippen LogP) is 4.40. The van der Waals surface area contributed by atoms with Gasteiger partial charge in [-0.3, -0.25) is 14.8 Å². The van der Waals surface area contributed by atoms with Crippen molar-refractivity contribution in [2.45, 2.75) is 32.0 Å². The van der Waals surface area contributed by atoms with Crippen molar-refractivity contribution in [3.05, 3.63) is 102 Å². The van der Waals surface area contributed by atoms with Gasteiger partial charge in [-0.1, -0.05) is 66.7 Å². The lowest BCUT2D eigenvalue weighted by atomic mass is 10.0. The third-order valence-corrected chi connectivity index (χ3v) is 5.66. The highest BCUT2D eigenvalue weighted by Crippen LogP contribution is 2.20. The molecular weight excluding hydrogens is 342 g/mol. The number of pyridine rings is 1. The maximum absolute atomic E-state index is 4.28. The summed E-state index contributed by atoms with van der Waals surface area (Å²) in [5.74, 6) is 0. The van der Waals surface area contributed by atoms with Gasteiger partial charge in [0.25, 0.3) is 0 Å². The zero-order chi connectivity index (χ0) is 19.0. The summed E-state index contributed by atoms with van der Waals surface area (Å²) in [4.78, 5) is 9.57. The van der Waals surface area contributed by atoms with Gasteiger partial charge in [0.2, 0.25) is 0 Å². The number of hydrogen-bond acceptors (Lipinski definition) is 3. The van der Waals surface area contributed by atoms with Crippen molar-refractivity contribution >= 4 is 0 Å². The fourth-order valence-corrected chi connectivity index (χ4v) is 4.12. The Morgan fingerprint density at radius 2 is 1.43 bits per heavy atom. The topological polar surface area (TPSA) is 19.4 Å². The van der Waals surface area contributed by atoms with Gasteiger partial charge >= 0.3 is 0 Å². The average Bonchev–Trinajstić information content (AvgIpc) is 2.76. The zero-order valence-electron chi connectivity index (χ0n) is 16.5. The van der Waals surface area contributed by atoms with Crippen LogP contribution in [-0.4, -0.2) is 40.5 Å². The molecule has 1 saturated heterocycles. The summed E-state index contributed by atoms with van der Waals surface area (Å²) >= 11 is 0. The second kappa shape index (κ2) is 9.63. The van der Waals surface area contributed by atoms with E-state index in [2.05, 4.69) is 81.5 Å². The summed E-state index contributed by atoms with van der Waals surface area (Å²) in [6, 6.07) is 26.5. The van der Waals surface area contributed by atoms with Gasteiger partial charge in [-0.25, -0.2) is 0 Å². The second-order valence-corrected chi connectivity index (χ2v) is 7.73. The molecule has 1 aliphatic rings. The van der Waals surface area contributed by atoms with Crippen molar-refractivity contribution < 1.29 is 0 Å². The second-order valence-electron chi connectivity index (χ2n) is 7.73. The lowest BCUT2D eigenvalue weighted by molar-refractivity contribution is 0.0597. The van der Waals surface area contributed by atoms with Crippen LogP contribution in [0.4, 0.5) is 0 Å². The smallest absolute Gasteiger partial charge is 0.0299 e. The van der Waals surface area contributed by atoms with E-state index in [1.165, 1.54) is 23.1 Å². The quantitative estimate of drug-likeness (QED) is 0.614. The van der Waals surface area contributed by atoms with Crippen molar-refractivity contribution in [1.82, 2.24) is 14.8 Å². The summed E-state index contributed by atoms with van der Waals surface area (Å²) in [6.45, 7) is 5.47. The molecule has 28 heavy (non-hydrogen) atoms. The van der Waals surface area contributed by atoms with Gasteiger partial charge < -0.3 is 0 Å². The van der Waals surface area contributed by atoms with Gasteiger partial charge in [-0.05, 0) is 35.6 Å². The fourth-order valence-electron chi connectivity index (χ4n) is 4.12. The van der Waals surface area contributed by atoms with Crippen LogP contribution in [0.25, 0.3) is 0 Å². The maximum atomic E-state index is 4.28. The van der Waals surface area contributed by atoms with Crippen LogP contribution < -0.4 is 0 Å². The van der Waals surface area contributed by atoms with E-state index in [0.717, 1.165) is 39.1 Å². The normalized spacial score (nSPS) is 18.2. The van der Waals surface area contributed by atoms with Gasteiger partial charge in [0, 0.05) is 51.2 Å². The molecule has 144 valence electrons. The minimum Gasteiger partial charge on any atom is -0.296 e. The van der Waals surface area contributed by atoms with E-state index in [0.29, 0.717) is 6.04 Å². The first-order valence-electron chi connectivity index (χ1n) is 10.3. The standard InChI is InChI=1S/C25H29N3/c1-3-8-23(9-4-1)19-27-16-17-28(20-24-10-5-2-6-11-24)25(21-27)14-13-22-12-7-15-26-18-22/h1-12,15,18,25H,13-14,16-17,19-21H2. The molecule has 3 nitrogen and oxygen atoms in total. The van der Waals surface area contributed by atoms with Crippen LogP contribution in [0.3, 0.4) is 0 Å². The highest BCUT2D eigenvalue weighted by atomic mass is 15.3. The molecule has 1 aliphatic heterocycles. The minimum absolute atomic E-state index is 0.567. The molecule has 3 aromatic rings. The van der Waals surface area contributed by atoms with Gasteiger partial charge in [0.1, 0.15) is 0 Å². The fraction of sp³-hybridized carbons (Fsp3) is 0.320. The number of aryl methyl sites for hydroxylation is 1. The molecule has 0 amide bonds. The van der Waals surface area contributed by atoms with E-state index in [-0.39, 0.29) is 0 Å². The van der Waals surface area contributed by atoms with Crippen molar-refractivity contribution in [3.63, 3.8) is 0 Å². The van der Waals surface area contributed by atoms with Crippen LogP contribution in [0.1, 0.15) is 23.1 Å². The van der Waals surface area contributed by atoms with Crippen molar-refractivity contribution in [3.8, 4) is 0 Å². The number of rotatable bonds is 7. The van der Waals surface area contributed by atoms with Gasteiger partial charge in [0.15, 0.2) is 0 Å². The van der Waals surface area contributed by atoms with E-state index in [1.807, 2.05) is 18.5 Å². The molecule has 1 unspecified atom stereocenters. The van der Waals surface area contributed by atoms with E-state index in [1.54, 1.807) is 0 Å². The van der Waals surface area contributed by atoms with Crippen LogP contribution in [0.15, 0.2) is 85.2 Å². The van der Waals surface area contributed by atoms with Gasteiger partial charge in [0.05, 0.1) is 0 Å². The van der Waals surface area contributed by atoms with Gasteiger partial charge in [-0.2, -0.15) is 0 Å². The van der Waals surface area contributed by atoms with Crippen molar-refractivity contribution in [2.24, 2.45) is 0 Å². The van der Waals surface area contributed by atoms with Crippen LogP contribution in [0.5, 0.6) is 0 Å². The Hall–Kier alpha value is -2.49. The van der Waals surface area contributed by atoms with Crippen molar-refractivity contribution in [2.75, 3.05) is 19.6 Å². The first kappa shape index (κ1) is 18.9. The first-order valence-corrected chi connectivity index (χ1v) is 10.3. The molecule has 4 rings (SSSR count). The highest BCUT2D eigenvalue weighted by molar-refractivity contribution is 5.16. The van der Waals surface area contributed by atoms with Gasteiger partial charge in [-0.15, -0.1) is 0 Å². The number of hydrogen-bond donors (Lipinski definition) is 0. The summed E-state index contributed by atoms with van der Waals surface area (Å²) < 4.78 is 0. The Morgan fingerprint density at radius 3 is 2.11 bits per heavy atom. The lowest BCUT2D eigenvalue weighted by Gasteiger charge is -2.42. The largest absolute Gasteiger partial charge is 0.296 e. The molecule has 2 aromatic carbocycles. The SMILES string of the molecule is c1ccc(CN2CCN(Cc3ccccc3)C(CCc3cccnc3)C2)cc1. The van der Waals surface area contributed by atoms with Crippen LogP contribution in [0.2, 0.25) is 0 Å². The average molecular weight is 372 g/mol. The molecule has 0 radical (unpaired) electrons. The van der Waals surface area contributed by atoms with Crippen LogP contribution >= 0.6 is 0 Å². The highest BCUT2D eigenvalue weighted by Gasteiger charge is 2.26. The lowest BCUT2D eigenvalue weighted by Crippen LogP contribution is -2.52. The molecule has 0 spiro atoms. The Morgan fingerprint density at radius 1 is 0.750 bits per heavy atom. The predicted molar refractivity (Wildman–Crippen MR) is 115 cm³/mol. The first-order chi connectivity index (χ1) is 13.9. The molecule has 1 atom stereocenters. The summed E-state index contributed by atoms with van der Waals surface area (Å²) in [7, 11) is 0. The van der Waals surface area contributed by atoms with E-state index in [9.17, 15) is 0 Å². The molecule has 0 N–H and O–H groups in total. The molecule has 0 aliphatic carbocycles. The molecule has 1 aromatic heterocycles. The van der Waals surface area contributed by atoms with Crippen molar-refractivity contribution in [1.29, 1.82) is 0 Å². The number of piperazine rings is 1. The monoisotopic (exact) mass is 371 g/mol. The zero-order valence-corrected chi connectivity index (χ0v) is 16.5. The molecule has 2 heterocycles. The number of benzene rings is 2. The Kier molecular flexibility index (Phi) is 6.48. The molecule has 0 saturated carbocycles. The third kappa shape index (κ3) is 5.28. The molecule has 3 heteroatoms. The molecule has 1 fully saturated rings. The summed E-state index contributed by atoms with van der Waals surface area (Å²) in [5.41, 5.74) is 4.15. The maximum Gasteiger partial charge on any atom is 0.0299 e. The number of aromatic nitrogens is 1. The molecule has 0 bridgehead atoms. The van der Waals surface area contributed by atoms with Crippen LogP contribution in [-0.2, 0) is 19.5 Å². The van der Waals surface area contributed by atoms with Crippen LogP contribution in [0, 0.1) is 0 Å². The summed E-state index contributed by atoms with van der Waals surface area (Å²) in [5, 5.41) is 0. The van der Waals surface area contributed by atoms with E-state index >= 15 is 0 Å². The minimum atomic E-state index is 0.567. The van der Waals surface area contributed by atoms with E-state index < -0.39 is 0 Å². The summed E-state index contributed by atoms with van der Waals surface area (Å²) in [6.07, 6.45) is 6.12. The molecular formula is C25H29N3. The Balaban J connectivity index is 1.43. The Bertz CT molecular complexity index is 820. The Labute approximate surface area is 168 Å². The third-order valence-electron chi connectivity index (χ3n) is 5.66. The van der Waals surface area contributed by atoms with E-state index in [4.69, 9.17) is 0 Å². The number of nitrogens with zero attached hydrogens (tertiary/aromatic N) is 3.